The lowest BCUT2D eigenvalue weighted by molar-refractivity contribution is 0.0867. The first-order valence-electron chi connectivity index (χ1n) is 5.69. The average Bonchev–Trinajstić information content (AvgIpc) is 2.36. The summed E-state index contributed by atoms with van der Waals surface area (Å²) in [6.07, 6.45) is 1.49. The molecule has 1 heterocycles. The van der Waals surface area contributed by atoms with Crippen molar-refractivity contribution in [3.8, 4) is 0 Å². The zero-order valence-corrected chi connectivity index (χ0v) is 11.3. The first-order chi connectivity index (χ1) is 8.54. The molecular weight excluding hydrogens is 250 g/mol. The topological polar surface area (TPSA) is 77.2 Å². The molecule has 0 aliphatic carbocycles. The molecule has 0 radical (unpaired) electrons. The van der Waals surface area contributed by atoms with E-state index >= 15 is 0 Å². The average molecular weight is 267 g/mol. The molecule has 1 atom stereocenters. The zero-order chi connectivity index (χ0) is 13.5. The molecule has 0 bridgehead atoms. The normalized spacial score (nSPS) is 11.9. The summed E-state index contributed by atoms with van der Waals surface area (Å²) in [4.78, 5) is 16.1. The molecule has 6 heteroatoms. The minimum Gasteiger partial charge on any atom is -0.389 e. The van der Waals surface area contributed by atoms with Crippen LogP contribution in [0.25, 0.3) is 0 Å². The number of ether oxygens (including phenoxy) is 1. The van der Waals surface area contributed by atoms with Crippen LogP contribution in [0.2, 0.25) is 0 Å². The molecular formula is C12H17N3O2S. The number of carbonyl (C=O) groups is 1. The fraction of sp³-hybridized carbons (Fsp3) is 0.417. The number of thiocarbonyl (C=S) groups is 1. The van der Waals surface area contributed by atoms with E-state index in [1.807, 2.05) is 13.8 Å². The summed E-state index contributed by atoms with van der Waals surface area (Å²) in [7, 11) is 0. The lowest BCUT2D eigenvalue weighted by Crippen LogP contribution is -2.36. The van der Waals surface area contributed by atoms with Gasteiger partial charge in [0, 0.05) is 24.4 Å². The van der Waals surface area contributed by atoms with Gasteiger partial charge in [-0.15, -0.1) is 0 Å². The van der Waals surface area contributed by atoms with E-state index in [9.17, 15) is 4.79 Å². The third-order valence-corrected chi connectivity index (χ3v) is 2.47. The van der Waals surface area contributed by atoms with Gasteiger partial charge in [-0.2, -0.15) is 0 Å². The fourth-order valence-corrected chi connectivity index (χ4v) is 1.43. The molecule has 18 heavy (non-hydrogen) atoms. The second kappa shape index (κ2) is 7.03. The summed E-state index contributed by atoms with van der Waals surface area (Å²) in [6, 6.07) is 3.21. The van der Waals surface area contributed by atoms with Crippen LogP contribution >= 0.6 is 12.2 Å². The van der Waals surface area contributed by atoms with Gasteiger partial charge in [-0.05, 0) is 26.0 Å². The van der Waals surface area contributed by atoms with Crippen molar-refractivity contribution in [3.63, 3.8) is 0 Å². The second-order valence-corrected chi connectivity index (χ2v) is 4.27. The number of pyridine rings is 1. The molecule has 98 valence electrons. The first kappa shape index (κ1) is 14.5. The summed E-state index contributed by atoms with van der Waals surface area (Å²) in [5.74, 6) is -0.239. The molecule has 0 aliphatic heterocycles. The van der Waals surface area contributed by atoms with Crippen LogP contribution < -0.4 is 11.1 Å². The molecule has 0 saturated heterocycles. The molecule has 0 aliphatic rings. The van der Waals surface area contributed by atoms with Gasteiger partial charge in [0.05, 0.1) is 6.61 Å². The number of hydrogen-bond acceptors (Lipinski definition) is 4. The summed E-state index contributed by atoms with van der Waals surface area (Å²) in [6.45, 7) is 4.88. The van der Waals surface area contributed by atoms with Crippen molar-refractivity contribution in [2.75, 3.05) is 13.2 Å². The van der Waals surface area contributed by atoms with Gasteiger partial charge in [-0.3, -0.25) is 9.78 Å². The Bertz CT molecular complexity index is 420. The van der Waals surface area contributed by atoms with Crippen LogP contribution in [0.5, 0.6) is 0 Å². The van der Waals surface area contributed by atoms with Crippen LogP contribution in [-0.4, -0.2) is 35.1 Å². The van der Waals surface area contributed by atoms with Crippen molar-refractivity contribution in [1.82, 2.24) is 10.3 Å². The predicted molar refractivity (Wildman–Crippen MR) is 73.5 cm³/mol. The van der Waals surface area contributed by atoms with Crippen LogP contribution in [0.4, 0.5) is 0 Å². The fourth-order valence-electron chi connectivity index (χ4n) is 1.31. The van der Waals surface area contributed by atoms with Crippen molar-refractivity contribution in [1.29, 1.82) is 0 Å². The number of nitrogens with zero attached hydrogens (tertiary/aromatic N) is 1. The highest BCUT2D eigenvalue weighted by molar-refractivity contribution is 7.80. The highest BCUT2D eigenvalue weighted by Gasteiger charge is 2.11. The summed E-state index contributed by atoms with van der Waals surface area (Å²) >= 11 is 4.81. The molecule has 5 nitrogen and oxygen atoms in total. The quantitative estimate of drug-likeness (QED) is 0.748. The van der Waals surface area contributed by atoms with Gasteiger partial charge in [0.15, 0.2) is 0 Å². The van der Waals surface area contributed by atoms with Crippen LogP contribution in [0, 0.1) is 0 Å². The maximum atomic E-state index is 11.8. The minimum absolute atomic E-state index is 0.0606. The van der Waals surface area contributed by atoms with Crippen molar-refractivity contribution < 1.29 is 9.53 Å². The summed E-state index contributed by atoms with van der Waals surface area (Å²) < 4.78 is 5.21. The number of amides is 1. The van der Waals surface area contributed by atoms with E-state index in [1.165, 1.54) is 6.20 Å². The van der Waals surface area contributed by atoms with Gasteiger partial charge in [0.2, 0.25) is 0 Å². The second-order valence-electron chi connectivity index (χ2n) is 3.83. The van der Waals surface area contributed by atoms with E-state index in [4.69, 9.17) is 22.7 Å². The lowest BCUT2D eigenvalue weighted by atomic mass is 10.2. The van der Waals surface area contributed by atoms with Gasteiger partial charge in [0.25, 0.3) is 5.91 Å². The third kappa shape index (κ3) is 4.38. The van der Waals surface area contributed by atoms with Crippen molar-refractivity contribution in [2.24, 2.45) is 5.73 Å². The SMILES string of the molecule is CCOCC(C)NC(=O)c1ccc(C(N)=S)cn1. The van der Waals surface area contributed by atoms with Gasteiger partial charge < -0.3 is 15.8 Å². The molecule has 0 fully saturated rings. The number of carbonyl (C=O) groups excluding carboxylic acids is 1. The van der Waals surface area contributed by atoms with Crippen LogP contribution in [0.3, 0.4) is 0 Å². The van der Waals surface area contributed by atoms with E-state index < -0.39 is 0 Å². The highest BCUT2D eigenvalue weighted by Crippen LogP contribution is 2.01. The Labute approximate surface area is 112 Å². The van der Waals surface area contributed by atoms with Gasteiger partial charge in [-0.25, -0.2) is 0 Å². The first-order valence-corrected chi connectivity index (χ1v) is 6.10. The lowest BCUT2D eigenvalue weighted by Gasteiger charge is -2.13. The molecule has 1 rings (SSSR count). The van der Waals surface area contributed by atoms with E-state index in [0.29, 0.717) is 24.5 Å². The molecule has 0 aromatic carbocycles. The van der Waals surface area contributed by atoms with Gasteiger partial charge in [0.1, 0.15) is 10.7 Å². The van der Waals surface area contributed by atoms with E-state index in [-0.39, 0.29) is 16.9 Å². The van der Waals surface area contributed by atoms with Crippen LogP contribution in [0.15, 0.2) is 18.3 Å². The Hall–Kier alpha value is -1.53. The maximum absolute atomic E-state index is 11.8. The van der Waals surface area contributed by atoms with E-state index in [1.54, 1.807) is 12.1 Å². The Balaban J connectivity index is 2.58. The largest absolute Gasteiger partial charge is 0.389 e. The van der Waals surface area contributed by atoms with Crippen molar-refractivity contribution >= 4 is 23.1 Å². The molecule has 1 aromatic heterocycles. The molecule has 3 N–H and O–H groups in total. The number of aromatic nitrogens is 1. The van der Waals surface area contributed by atoms with Crippen LogP contribution in [-0.2, 0) is 4.74 Å². The summed E-state index contributed by atoms with van der Waals surface area (Å²) in [5, 5.41) is 2.79. The highest BCUT2D eigenvalue weighted by atomic mass is 32.1. The Morgan fingerprint density at radius 3 is 2.83 bits per heavy atom. The van der Waals surface area contributed by atoms with Gasteiger partial charge >= 0.3 is 0 Å². The minimum atomic E-state index is -0.239. The van der Waals surface area contributed by atoms with Crippen LogP contribution in [0.1, 0.15) is 29.9 Å². The maximum Gasteiger partial charge on any atom is 0.270 e. The molecule has 1 aromatic rings. The molecule has 0 spiro atoms. The van der Waals surface area contributed by atoms with Crippen molar-refractivity contribution in [3.05, 3.63) is 29.6 Å². The number of hydrogen-bond donors (Lipinski definition) is 2. The standard InChI is InChI=1S/C12H17N3O2S/c1-3-17-7-8(2)15-12(16)10-5-4-9(6-14-10)11(13)18/h4-6,8H,3,7H2,1-2H3,(H2,13,18)(H,15,16). The Morgan fingerprint density at radius 2 is 2.33 bits per heavy atom. The van der Waals surface area contributed by atoms with E-state index in [0.717, 1.165) is 0 Å². The van der Waals surface area contributed by atoms with Crippen molar-refractivity contribution in [2.45, 2.75) is 19.9 Å². The zero-order valence-electron chi connectivity index (χ0n) is 10.5. The Morgan fingerprint density at radius 1 is 1.61 bits per heavy atom. The number of nitrogens with one attached hydrogen (secondary N) is 1. The van der Waals surface area contributed by atoms with Gasteiger partial charge in [-0.1, -0.05) is 12.2 Å². The summed E-state index contributed by atoms with van der Waals surface area (Å²) in [5.41, 5.74) is 6.42. The number of nitrogens with two attached hydrogens (primary N) is 1. The molecule has 0 saturated carbocycles. The molecule has 1 unspecified atom stereocenters. The smallest absolute Gasteiger partial charge is 0.270 e. The predicted octanol–water partition coefficient (Wildman–Crippen LogP) is 0.871. The van der Waals surface area contributed by atoms with E-state index in [2.05, 4.69) is 10.3 Å². The molecule has 1 amide bonds. The monoisotopic (exact) mass is 267 g/mol. The Kier molecular flexibility index (Phi) is 5.67. The third-order valence-electron chi connectivity index (χ3n) is 2.23. The number of rotatable bonds is 6.